The van der Waals surface area contributed by atoms with Gasteiger partial charge in [0.05, 0.1) is 41.9 Å². The minimum atomic E-state index is 0.822. The van der Waals surface area contributed by atoms with Crippen LogP contribution in [0.15, 0.2) is 172 Å². The summed E-state index contributed by atoms with van der Waals surface area (Å²) in [6.45, 7) is 57.5. The normalized spacial score (nSPS) is 7.43. The summed E-state index contributed by atoms with van der Waals surface area (Å²) in [5, 5.41) is 41.1. The first-order valence-corrected chi connectivity index (χ1v) is 30.4. The van der Waals surface area contributed by atoms with Crippen LogP contribution in [0.5, 0.6) is 0 Å². The van der Waals surface area contributed by atoms with Crippen LogP contribution in [0.25, 0.3) is 0 Å². The summed E-state index contributed by atoms with van der Waals surface area (Å²) in [6.07, 6.45) is 27.5. The largest absolute Gasteiger partial charge is 0.265 e. The van der Waals surface area contributed by atoms with Gasteiger partial charge < -0.3 is 0 Å². The summed E-state index contributed by atoms with van der Waals surface area (Å²) in [6, 6.07) is 23.1. The number of aryl methyl sites for hydroxylation is 10. The maximum absolute atomic E-state index is 3.98. The molecule has 0 aromatic carbocycles. The first-order valence-electron chi connectivity index (χ1n) is 30.4. The number of pyridine rings is 3. The zero-order valence-electron chi connectivity index (χ0n) is 59.7. The summed E-state index contributed by atoms with van der Waals surface area (Å²) in [4.78, 5) is 27.0. The molecule has 10 heterocycles. The van der Waals surface area contributed by atoms with E-state index in [4.69, 9.17) is 0 Å². The Hall–Kier alpha value is -8.81. The average molecular weight is 1210 g/mol. The predicted molar refractivity (Wildman–Crippen MR) is 371 cm³/mol. The molecule has 10 aromatic rings. The van der Waals surface area contributed by atoms with Crippen molar-refractivity contribution in [1.82, 2.24) is 101 Å². The molecule has 0 saturated carbocycles. The third-order valence-electron chi connectivity index (χ3n) is 6.94. The summed E-state index contributed by atoms with van der Waals surface area (Å²) < 4.78 is 1.64. The van der Waals surface area contributed by atoms with E-state index in [1.165, 1.54) is 17.5 Å². The monoisotopic (exact) mass is 1210 g/mol. The molecular weight excluding hydrogens is 1080 g/mol. The van der Waals surface area contributed by atoms with Gasteiger partial charge in [-0.25, -0.2) is 19.9 Å². The van der Waals surface area contributed by atoms with Gasteiger partial charge in [-0.15, -0.1) is 5.10 Å². The number of aromatic amines is 2. The molecule has 20 heteroatoms. The molecule has 10 aromatic heterocycles. The Kier molecular flexibility index (Phi) is 111. The van der Waals surface area contributed by atoms with Crippen molar-refractivity contribution in [3.8, 4) is 0 Å². The first-order chi connectivity index (χ1) is 42.4. The van der Waals surface area contributed by atoms with Crippen LogP contribution in [0.2, 0.25) is 0 Å². The summed E-state index contributed by atoms with van der Waals surface area (Å²) in [5.41, 5.74) is 8.51. The molecule has 0 bridgehead atoms. The lowest BCUT2D eigenvalue weighted by molar-refractivity contribution is 0.715. The second-order valence-electron chi connectivity index (χ2n) is 13.3. The smallest absolute Gasteiger partial charge is 0.125 e. The number of nitrogens with zero attached hydrogens (tertiary/aromatic N) is 18. The Morgan fingerprint density at radius 2 is 0.782 bits per heavy atom. The summed E-state index contributed by atoms with van der Waals surface area (Å²) in [5.74, 6) is 0.822. The van der Waals surface area contributed by atoms with Crippen molar-refractivity contribution in [2.75, 3.05) is 0 Å². The zero-order chi connectivity index (χ0) is 69.0. The van der Waals surface area contributed by atoms with Gasteiger partial charge in [-0.2, -0.15) is 51.2 Å². The van der Waals surface area contributed by atoms with Gasteiger partial charge >= 0.3 is 0 Å². The molecule has 0 saturated heterocycles. The van der Waals surface area contributed by atoms with Crippen LogP contribution < -0.4 is 0 Å². The number of aromatic nitrogens is 20. The second kappa shape index (κ2) is 96.4. The number of hydrogen-bond donors (Lipinski definition) is 2. The maximum atomic E-state index is 3.98. The molecular formula is C67H120N20. The van der Waals surface area contributed by atoms with Crippen molar-refractivity contribution < 1.29 is 0 Å². The highest BCUT2D eigenvalue weighted by atomic mass is 15.4. The molecule has 0 aliphatic carbocycles. The van der Waals surface area contributed by atoms with Gasteiger partial charge in [-0.1, -0.05) is 156 Å². The van der Waals surface area contributed by atoms with E-state index in [9.17, 15) is 0 Å². The van der Waals surface area contributed by atoms with Crippen molar-refractivity contribution in [2.24, 2.45) is 7.05 Å². The SMILES string of the molecule is CC.CC.CC.CC.CC.CC.CC.CC.CC.CC.Cc1ccccn1.Cc1cccnc1.Cc1cccnn1.Cc1ccncc1.Cc1ccncn1.Cc1ccnnc1.Cc1cn[nH]n1.Cc1cn[nH]n1.Cc1ncccn1.Cn1ccnn1. The van der Waals surface area contributed by atoms with E-state index in [0.717, 1.165) is 39.9 Å². The molecule has 20 nitrogen and oxygen atoms in total. The Morgan fingerprint density at radius 3 is 0.966 bits per heavy atom. The quantitative estimate of drug-likeness (QED) is 0.143. The molecule has 87 heavy (non-hydrogen) atoms. The highest BCUT2D eigenvalue weighted by Crippen LogP contribution is 1.90. The average Bonchev–Trinajstić information content (AvgIpc) is 4.43. The highest BCUT2D eigenvalue weighted by molar-refractivity contribution is 5.06. The van der Waals surface area contributed by atoms with Gasteiger partial charge in [-0.05, 0) is 140 Å². The topological polar surface area (TPSA) is 256 Å². The maximum Gasteiger partial charge on any atom is 0.125 e. The van der Waals surface area contributed by atoms with Crippen molar-refractivity contribution in [1.29, 1.82) is 0 Å². The van der Waals surface area contributed by atoms with Crippen LogP contribution in [-0.4, -0.2) is 101 Å². The lowest BCUT2D eigenvalue weighted by Gasteiger charge is -1.82. The number of nitrogens with one attached hydrogen (secondary N) is 2. The third kappa shape index (κ3) is 93.9. The zero-order valence-corrected chi connectivity index (χ0v) is 59.7. The molecule has 488 valence electrons. The van der Waals surface area contributed by atoms with E-state index in [0.29, 0.717) is 0 Å². The van der Waals surface area contributed by atoms with Crippen LogP contribution in [0.4, 0.5) is 0 Å². The molecule has 0 aliphatic heterocycles. The molecule has 2 N–H and O–H groups in total. The minimum absolute atomic E-state index is 0.822. The number of H-pyrrole nitrogens is 2. The fraction of sp³-hybridized carbons (Fsp3) is 0.448. The Labute approximate surface area is 529 Å². The molecule has 0 amide bonds. The van der Waals surface area contributed by atoms with Gasteiger partial charge in [0.15, 0.2) is 0 Å². The number of hydrogen-bond acceptors (Lipinski definition) is 17. The number of rotatable bonds is 0. The molecule has 0 fully saturated rings. The molecule has 0 atom stereocenters. The minimum Gasteiger partial charge on any atom is -0.265 e. The highest BCUT2D eigenvalue weighted by Gasteiger charge is 1.80. The van der Waals surface area contributed by atoms with E-state index in [-0.39, 0.29) is 0 Å². The Bertz CT molecular complexity index is 2040. The van der Waals surface area contributed by atoms with E-state index >= 15 is 0 Å². The van der Waals surface area contributed by atoms with E-state index in [1.54, 1.807) is 97.5 Å². The van der Waals surface area contributed by atoms with E-state index in [1.807, 2.05) is 281 Å². The van der Waals surface area contributed by atoms with Crippen molar-refractivity contribution >= 4 is 0 Å². The second-order valence-corrected chi connectivity index (χ2v) is 13.3. The van der Waals surface area contributed by atoms with Gasteiger partial charge in [0.1, 0.15) is 12.2 Å². The lowest BCUT2D eigenvalue weighted by Crippen LogP contribution is -1.85. The predicted octanol–water partition coefficient (Wildman–Crippen LogP) is 17.6. The van der Waals surface area contributed by atoms with Gasteiger partial charge in [0.2, 0.25) is 0 Å². The van der Waals surface area contributed by atoms with E-state index in [2.05, 4.69) is 96.4 Å². The molecule has 0 spiro atoms. The standard InChI is InChI=1S/3C6H7N.4C5H6N2.3C3H5N3.10C2H6/c1-6-2-4-7-5-3-6;1-6-3-2-4-7-5-6;1-6-4-2-3-5-7-6;1-5-2-3-6-4-7-5;1-5-2-3-6-7-4-5;1-5-6-3-2-4-7-5;1-5-3-2-4-6-7-5;1-6-3-2-4-5-6;2*1-3-2-4-6-5-3;10*1-2/h3*2-5H,1H3;4*2-4H,1H3;2-3H,1H3;2*2H,1H3,(H,4,5,6);10*1-2H3. The Balaban J connectivity index is -0.0000000917. The third-order valence-corrected chi connectivity index (χ3v) is 6.94. The van der Waals surface area contributed by atoms with Gasteiger partial charge in [-0.3, -0.25) is 19.6 Å². The van der Waals surface area contributed by atoms with Gasteiger partial charge in [0.25, 0.3) is 0 Å². The lowest BCUT2D eigenvalue weighted by atomic mass is 10.3. The van der Waals surface area contributed by atoms with Crippen molar-refractivity contribution in [2.45, 2.75) is 201 Å². The van der Waals surface area contributed by atoms with Crippen molar-refractivity contribution in [3.05, 3.63) is 223 Å². The van der Waals surface area contributed by atoms with Crippen LogP contribution in [-0.2, 0) is 7.05 Å². The Morgan fingerprint density at radius 1 is 0.310 bits per heavy atom. The van der Waals surface area contributed by atoms with Crippen molar-refractivity contribution in [3.63, 3.8) is 0 Å². The molecule has 10 rings (SSSR count). The molecule has 0 radical (unpaired) electrons. The fourth-order valence-corrected chi connectivity index (χ4v) is 3.57. The fourth-order valence-electron chi connectivity index (χ4n) is 3.57. The van der Waals surface area contributed by atoms with Crippen LogP contribution >= 0.6 is 0 Å². The summed E-state index contributed by atoms with van der Waals surface area (Å²) in [7, 11) is 1.83. The molecule has 0 unspecified atom stereocenters. The van der Waals surface area contributed by atoms with Gasteiger partial charge in [0, 0.05) is 86.6 Å². The van der Waals surface area contributed by atoms with Crippen LogP contribution in [0.3, 0.4) is 0 Å². The summed E-state index contributed by atoms with van der Waals surface area (Å²) >= 11 is 0. The van der Waals surface area contributed by atoms with Crippen LogP contribution in [0, 0.1) is 62.3 Å². The first kappa shape index (κ1) is 100. The van der Waals surface area contributed by atoms with E-state index < -0.39 is 0 Å². The molecule has 0 aliphatic rings. The van der Waals surface area contributed by atoms with Crippen LogP contribution in [0.1, 0.15) is 189 Å².